The van der Waals surface area contributed by atoms with Crippen molar-refractivity contribution in [3.63, 3.8) is 0 Å². The molecule has 1 unspecified atom stereocenters. The van der Waals surface area contributed by atoms with Crippen LogP contribution in [0, 0.1) is 11.8 Å². The molecule has 0 aromatic rings. The molecule has 0 bridgehead atoms. The summed E-state index contributed by atoms with van der Waals surface area (Å²) in [6, 6.07) is 0. The van der Waals surface area contributed by atoms with Gasteiger partial charge in [-0.05, 0) is 32.6 Å². The first-order valence-electron chi connectivity index (χ1n) is 9.78. The summed E-state index contributed by atoms with van der Waals surface area (Å²) in [5, 5.41) is 19.0. The van der Waals surface area contributed by atoms with Crippen LogP contribution in [0.3, 0.4) is 0 Å². The molecular weight excluding hydrogens is 354 g/mol. The standard InChI is InChI=1S/C21H32F2O4/c1-3-4-9-13-20(2,27)14-12-16-17(21(22,23)15-18(16)24)10-7-5-6-8-11-19(25)26/h5,7,12,14,16-17,27H,3-4,6,8-11,13,15H2,1-2H3,(H,25,26)/t16-,17-,20?/m1/s1. The Morgan fingerprint density at radius 1 is 1.30 bits per heavy atom. The van der Waals surface area contributed by atoms with Crippen LogP contribution in [0.15, 0.2) is 24.3 Å². The fraction of sp³-hybridized carbons (Fsp3) is 0.714. The number of ketones is 1. The third-order valence-corrected chi connectivity index (χ3v) is 5.02. The minimum Gasteiger partial charge on any atom is -0.481 e. The van der Waals surface area contributed by atoms with Crippen LogP contribution in [0.2, 0.25) is 0 Å². The van der Waals surface area contributed by atoms with E-state index in [0.29, 0.717) is 19.3 Å². The largest absolute Gasteiger partial charge is 0.481 e. The number of hydrogen-bond acceptors (Lipinski definition) is 3. The Hall–Kier alpha value is -1.56. The molecule has 0 aliphatic heterocycles. The van der Waals surface area contributed by atoms with Gasteiger partial charge in [-0.2, -0.15) is 0 Å². The molecule has 0 heterocycles. The van der Waals surface area contributed by atoms with Crippen LogP contribution in [0.5, 0.6) is 0 Å². The quantitative estimate of drug-likeness (QED) is 0.369. The smallest absolute Gasteiger partial charge is 0.303 e. The zero-order valence-electron chi connectivity index (χ0n) is 16.3. The highest BCUT2D eigenvalue weighted by Crippen LogP contribution is 2.45. The first-order valence-corrected chi connectivity index (χ1v) is 9.78. The van der Waals surface area contributed by atoms with Crippen molar-refractivity contribution in [2.45, 2.75) is 83.2 Å². The van der Waals surface area contributed by atoms with E-state index in [4.69, 9.17) is 5.11 Å². The molecule has 0 saturated heterocycles. The maximum atomic E-state index is 14.2. The van der Waals surface area contributed by atoms with E-state index in [0.717, 1.165) is 19.3 Å². The monoisotopic (exact) mass is 386 g/mol. The van der Waals surface area contributed by atoms with E-state index in [1.54, 1.807) is 19.1 Å². The predicted octanol–water partition coefficient (Wildman–Crippen LogP) is 4.92. The number of hydrogen-bond donors (Lipinski definition) is 2. The van der Waals surface area contributed by atoms with Crippen LogP contribution < -0.4 is 0 Å². The zero-order chi connectivity index (χ0) is 20.5. The van der Waals surface area contributed by atoms with Crippen LogP contribution in [-0.4, -0.2) is 33.5 Å². The Morgan fingerprint density at radius 2 is 2.00 bits per heavy atom. The van der Waals surface area contributed by atoms with Gasteiger partial charge in [-0.15, -0.1) is 0 Å². The van der Waals surface area contributed by atoms with Crippen LogP contribution in [-0.2, 0) is 9.59 Å². The van der Waals surface area contributed by atoms with Crippen molar-refractivity contribution >= 4 is 11.8 Å². The Labute approximate surface area is 160 Å². The molecule has 0 radical (unpaired) electrons. The van der Waals surface area contributed by atoms with Gasteiger partial charge in [0.25, 0.3) is 5.92 Å². The van der Waals surface area contributed by atoms with Crippen LogP contribution in [0.25, 0.3) is 0 Å². The lowest BCUT2D eigenvalue weighted by Crippen LogP contribution is -2.26. The first-order chi connectivity index (χ1) is 12.6. The SMILES string of the molecule is CCCCCC(C)(O)C=C[C@H]1C(=O)CC(F)(F)[C@@H]1CC=CCCCC(=O)O. The van der Waals surface area contributed by atoms with Gasteiger partial charge in [0.2, 0.25) is 0 Å². The summed E-state index contributed by atoms with van der Waals surface area (Å²) in [6.07, 6.45) is 9.93. The second-order valence-electron chi connectivity index (χ2n) is 7.70. The van der Waals surface area contributed by atoms with E-state index < -0.39 is 41.5 Å². The second kappa shape index (κ2) is 10.7. The number of aliphatic carboxylic acids is 1. The Morgan fingerprint density at radius 3 is 2.63 bits per heavy atom. The molecule has 6 heteroatoms. The van der Waals surface area contributed by atoms with E-state index >= 15 is 0 Å². The van der Waals surface area contributed by atoms with Crippen molar-refractivity contribution in [1.82, 2.24) is 0 Å². The number of unbranched alkanes of at least 4 members (excludes halogenated alkanes) is 3. The van der Waals surface area contributed by atoms with E-state index in [2.05, 4.69) is 6.92 Å². The molecular formula is C21H32F2O4. The number of rotatable bonds is 12. The summed E-state index contributed by atoms with van der Waals surface area (Å²) < 4.78 is 28.5. The molecule has 3 atom stereocenters. The third kappa shape index (κ3) is 8.33. The number of carboxylic acid groups (broad SMARTS) is 1. The molecule has 1 fully saturated rings. The lowest BCUT2D eigenvalue weighted by molar-refractivity contribution is -0.137. The van der Waals surface area contributed by atoms with Gasteiger partial charge in [-0.25, -0.2) is 8.78 Å². The van der Waals surface area contributed by atoms with Crippen LogP contribution >= 0.6 is 0 Å². The van der Waals surface area contributed by atoms with Crippen LogP contribution in [0.1, 0.15) is 71.6 Å². The van der Waals surface area contributed by atoms with Gasteiger partial charge in [0.15, 0.2) is 0 Å². The fourth-order valence-electron chi connectivity index (χ4n) is 3.39. The molecule has 0 aromatic heterocycles. The van der Waals surface area contributed by atoms with Crippen molar-refractivity contribution in [2.75, 3.05) is 0 Å². The third-order valence-electron chi connectivity index (χ3n) is 5.02. The lowest BCUT2D eigenvalue weighted by atomic mass is 9.88. The highest BCUT2D eigenvalue weighted by molar-refractivity contribution is 5.86. The number of carbonyl (C=O) groups excluding carboxylic acids is 1. The Kier molecular flexibility index (Phi) is 9.30. The van der Waals surface area contributed by atoms with Gasteiger partial charge in [0.1, 0.15) is 5.78 Å². The number of halogens is 2. The molecule has 1 aliphatic carbocycles. The number of Topliss-reactive ketones (excluding diaryl/α,β-unsaturated/α-hetero) is 1. The summed E-state index contributed by atoms with van der Waals surface area (Å²) in [5.74, 6) is -6.46. The lowest BCUT2D eigenvalue weighted by Gasteiger charge is -2.22. The van der Waals surface area contributed by atoms with Crippen molar-refractivity contribution in [2.24, 2.45) is 11.8 Å². The Balaban J connectivity index is 2.69. The van der Waals surface area contributed by atoms with E-state index in [1.807, 2.05) is 0 Å². The predicted molar refractivity (Wildman–Crippen MR) is 101 cm³/mol. The van der Waals surface area contributed by atoms with Crippen molar-refractivity contribution < 1.29 is 28.6 Å². The average molecular weight is 386 g/mol. The van der Waals surface area contributed by atoms with Crippen molar-refractivity contribution in [3.05, 3.63) is 24.3 Å². The average Bonchev–Trinajstić information content (AvgIpc) is 2.77. The molecule has 4 nitrogen and oxygen atoms in total. The highest BCUT2D eigenvalue weighted by Gasteiger charge is 2.53. The van der Waals surface area contributed by atoms with Gasteiger partial charge >= 0.3 is 5.97 Å². The molecule has 1 aliphatic rings. The van der Waals surface area contributed by atoms with Gasteiger partial charge in [0.05, 0.1) is 12.0 Å². The van der Waals surface area contributed by atoms with Crippen molar-refractivity contribution in [1.29, 1.82) is 0 Å². The van der Waals surface area contributed by atoms with Gasteiger partial charge in [-0.1, -0.05) is 50.5 Å². The normalized spacial score (nSPS) is 24.7. The number of aliphatic hydroxyl groups is 1. The maximum absolute atomic E-state index is 14.2. The number of alkyl halides is 2. The number of allylic oxidation sites excluding steroid dienone is 3. The molecule has 0 aromatic carbocycles. The highest BCUT2D eigenvalue weighted by atomic mass is 19.3. The van der Waals surface area contributed by atoms with Gasteiger partial charge in [-0.3, -0.25) is 9.59 Å². The van der Waals surface area contributed by atoms with Gasteiger partial charge < -0.3 is 10.2 Å². The molecule has 154 valence electrons. The molecule has 1 rings (SSSR count). The molecule has 0 amide bonds. The Bertz CT molecular complexity index is 552. The minimum absolute atomic E-state index is 0.0426. The molecule has 0 spiro atoms. The minimum atomic E-state index is -3.06. The van der Waals surface area contributed by atoms with Crippen LogP contribution in [0.4, 0.5) is 8.78 Å². The molecule has 1 saturated carbocycles. The summed E-state index contributed by atoms with van der Waals surface area (Å²) in [5.41, 5.74) is -1.11. The summed E-state index contributed by atoms with van der Waals surface area (Å²) in [6.45, 7) is 3.69. The fourth-order valence-corrected chi connectivity index (χ4v) is 3.39. The number of carbonyl (C=O) groups is 2. The number of carboxylic acids is 1. The van der Waals surface area contributed by atoms with E-state index in [1.165, 1.54) is 12.2 Å². The second-order valence-corrected chi connectivity index (χ2v) is 7.70. The first kappa shape index (κ1) is 23.5. The van der Waals surface area contributed by atoms with E-state index in [9.17, 15) is 23.5 Å². The summed E-state index contributed by atoms with van der Waals surface area (Å²) >= 11 is 0. The van der Waals surface area contributed by atoms with E-state index in [-0.39, 0.29) is 12.8 Å². The zero-order valence-corrected chi connectivity index (χ0v) is 16.3. The van der Waals surface area contributed by atoms with Crippen molar-refractivity contribution in [3.8, 4) is 0 Å². The molecule has 2 N–H and O–H groups in total. The maximum Gasteiger partial charge on any atom is 0.303 e. The topological polar surface area (TPSA) is 74.6 Å². The van der Waals surface area contributed by atoms with Gasteiger partial charge in [0, 0.05) is 18.3 Å². The summed E-state index contributed by atoms with van der Waals surface area (Å²) in [7, 11) is 0. The summed E-state index contributed by atoms with van der Waals surface area (Å²) in [4.78, 5) is 22.5. The molecule has 27 heavy (non-hydrogen) atoms.